The highest BCUT2D eigenvalue weighted by Crippen LogP contribution is 2.26. The number of rotatable bonds is 6. The zero-order valence-corrected chi connectivity index (χ0v) is 19.0. The van der Waals surface area contributed by atoms with E-state index in [1.54, 1.807) is 23.1 Å². The Kier molecular flexibility index (Phi) is 7.40. The fraction of sp³-hybridized carbons (Fsp3) is 0.391. The Balaban J connectivity index is 1.70. The molecule has 0 aliphatic carbocycles. The van der Waals surface area contributed by atoms with Crippen molar-refractivity contribution in [1.29, 1.82) is 0 Å². The van der Waals surface area contributed by atoms with Crippen LogP contribution in [0.3, 0.4) is 0 Å². The van der Waals surface area contributed by atoms with Crippen LogP contribution in [-0.2, 0) is 4.79 Å². The Morgan fingerprint density at radius 2 is 1.87 bits per heavy atom. The summed E-state index contributed by atoms with van der Waals surface area (Å²) < 4.78 is 0. The van der Waals surface area contributed by atoms with E-state index < -0.39 is 6.04 Å². The molecule has 2 aromatic carbocycles. The van der Waals surface area contributed by atoms with Crippen molar-refractivity contribution in [3.8, 4) is 0 Å². The van der Waals surface area contributed by atoms with E-state index in [2.05, 4.69) is 34.5 Å². The van der Waals surface area contributed by atoms with Gasteiger partial charge in [-0.05, 0) is 57.6 Å². The Morgan fingerprint density at radius 3 is 2.53 bits per heavy atom. The van der Waals surface area contributed by atoms with Crippen LogP contribution >= 0.6 is 23.2 Å². The number of nitrogens with zero attached hydrogens (tertiary/aromatic N) is 2. The van der Waals surface area contributed by atoms with Crippen molar-refractivity contribution in [2.45, 2.75) is 31.8 Å². The normalized spacial score (nSPS) is 17.3. The van der Waals surface area contributed by atoms with Gasteiger partial charge in [-0.25, -0.2) is 0 Å². The molecule has 30 heavy (non-hydrogen) atoms. The number of carbonyl (C=O) groups excluding carboxylic acids is 2. The summed E-state index contributed by atoms with van der Waals surface area (Å²) in [6.45, 7) is 3.04. The van der Waals surface area contributed by atoms with Crippen molar-refractivity contribution in [2.75, 3.05) is 27.2 Å². The Hall–Kier alpha value is -2.08. The Morgan fingerprint density at radius 1 is 1.17 bits per heavy atom. The predicted molar refractivity (Wildman–Crippen MR) is 121 cm³/mol. The molecular formula is C23H27Cl2N3O2. The van der Waals surface area contributed by atoms with Crippen LogP contribution < -0.4 is 5.32 Å². The van der Waals surface area contributed by atoms with Gasteiger partial charge in [0.2, 0.25) is 5.91 Å². The molecule has 0 radical (unpaired) electrons. The molecule has 1 saturated heterocycles. The lowest BCUT2D eigenvalue weighted by molar-refractivity contribution is -0.125. The molecule has 2 aromatic rings. The lowest BCUT2D eigenvalue weighted by atomic mass is 10.0. The van der Waals surface area contributed by atoms with E-state index in [1.165, 1.54) is 5.56 Å². The van der Waals surface area contributed by atoms with Gasteiger partial charge in [0.25, 0.3) is 5.91 Å². The molecule has 7 heteroatoms. The van der Waals surface area contributed by atoms with Crippen molar-refractivity contribution in [3.05, 3.63) is 69.2 Å². The molecule has 1 aliphatic rings. The first-order valence-corrected chi connectivity index (χ1v) is 10.8. The quantitative estimate of drug-likeness (QED) is 0.716. The van der Waals surface area contributed by atoms with Gasteiger partial charge in [0.15, 0.2) is 0 Å². The van der Waals surface area contributed by atoms with Crippen LogP contribution in [-0.4, -0.2) is 54.8 Å². The Bertz CT molecular complexity index is 915. The molecule has 1 N–H and O–H groups in total. The maximum atomic E-state index is 13.0. The number of nitrogens with one attached hydrogen (secondary N) is 1. The summed E-state index contributed by atoms with van der Waals surface area (Å²) in [6.07, 6.45) is 1.41. The van der Waals surface area contributed by atoms with Gasteiger partial charge in [-0.2, -0.15) is 0 Å². The van der Waals surface area contributed by atoms with Crippen molar-refractivity contribution < 1.29 is 9.59 Å². The number of halogens is 2. The first-order chi connectivity index (χ1) is 14.3. The first kappa shape index (κ1) is 22.6. The number of benzene rings is 2. The largest absolute Gasteiger partial charge is 0.352 e. The van der Waals surface area contributed by atoms with E-state index in [1.807, 2.05) is 21.0 Å². The summed E-state index contributed by atoms with van der Waals surface area (Å²) in [4.78, 5) is 29.7. The summed E-state index contributed by atoms with van der Waals surface area (Å²) in [7, 11) is 3.98. The average Bonchev–Trinajstić information content (AvgIpc) is 3.20. The van der Waals surface area contributed by atoms with Crippen molar-refractivity contribution in [3.63, 3.8) is 0 Å². The van der Waals surface area contributed by atoms with Gasteiger partial charge >= 0.3 is 0 Å². The predicted octanol–water partition coefficient (Wildman–Crippen LogP) is 4.33. The minimum atomic E-state index is -0.506. The van der Waals surface area contributed by atoms with E-state index in [4.69, 9.17) is 23.2 Å². The van der Waals surface area contributed by atoms with Crippen LogP contribution in [0, 0.1) is 6.92 Å². The number of carbonyl (C=O) groups is 2. The number of amides is 2. The Labute approximate surface area is 187 Å². The molecule has 2 atom stereocenters. The molecule has 2 amide bonds. The molecule has 0 aromatic heterocycles. The topological polar surface area (TPSA) is 52.7 Å². The second-order valence-electron chi connectivity index (χ2n) is 7.92. The third kappa shape index (κ3) is 5.15. The second-order valence-corrected chi connectivity index (χ2v) is 8.76. The first-order valence-electron chi connectivity index (χ1n) is 10.0. The van der Waals surface area contributed by atoms with Gasteiger partial charge in [-0.3, -0.25) is 9.59 Å². The SMILES string of the molecule is Cc1ccc([C@H](CNC(=O)[C@H]2CCCN2C(=O)c2cc(Cl)ccc2Cl)N(C)C)cc1. The van der Waals surface area contributed by atoms with Crippen LogP contribution in [0.2, 0.25) is 10.0 Å². The van der Waals surface area contributed by atoms with E-state index in [0.717, 1.165) is 12.0 Å². The summed E-state index contributed by atoms with van der Waals surface area (Å²) >= 11 is 12.2. The third-order valence-electron chi connectivity index (χ3n) is 5.53. The highest BCUT2D eigenvalue weighted by molar-refractivity contribution is 6.35. The van der Waals surface area contributed by atoms with Crippen LogP contribution in [0.4, 0.5) is 0 Å². The monoisotopic (exact) mass is 447 g/mol. The van der Waals surface area contributed by atoms with Gasteiger partial charge in [0.05, 0.1) is 16.6 Å². The zero-order chi connectivity index (χ0) is 21.8. The molecule has 1 fully saturated rings. The lowest BCUT2D eigenvalue weighted by Gasteiger charge is -2.28. The molecule has 0 saturated carbocycles. The maximum Gasteiger partial charge on any atom is 0.256 e. The average molecular weight is 448 g/mol. The molecule has 160 valence electrons. The molecule has 0 bridgehead atoms. The van der Waals surface area contributed by atoms with E-state index in [-0.39, 0.29) is 17.9 Å². The minimum Gasteiger partial charge on any atom is -0.352 e. The third-order valence-corrected chi connectivity index (χ3v) is 6.09. The number of likely N-dealkylation sites (tertiary alicyclic amines) is 1. The van der Waals surface area contributed by atoms with Crippen LogP contribution in [0.25, 0.3) is 0 Å². The molecule has 3 rings (SSSR count). The van der Waals surface area contributed by atoms with Crippen LogP contribution in [0.1, 0.15) is 40.4 Å². The number of hydrogen-bond donors (Lipinski definition) is 1. The van der Waals surface area contributed by atoms with Crippen molar-refractivity contribution in [2.24, 2.45) is 0 Å². The molecular weight excluding hydrogens is 421 g/mol. The van der Waals surface area contributed by atoms with E-state index >= 15 is 0 Å². The number of hydrogen-bond acceptors (Lipinski definition) is 3. The molecule has 0 unspecified atom stereocenters. The van der Waals surface area contributed by atoms with Gasteiger partial charge in [-0.15, -0.1) is 0 Å². The maximum absolute atomic E-state index is 13.0. The van der Waals surface area contributed by atoms with Gasteiger partial charge < -0.3 is 15.1 Å². The number of likely N-dealkylation sites (N-methyl/N-ethyl adjacent to an activating group) is 1. The summed E-state index contributed by atoms with van der Waals surface area (Å²) in [6, 6.07) is 12.6. The van der Waals surface area contributed by atoms with E-state index in [0.29, 0.717) is 35.1 Å². The summed E-state index contributed by atoms with van der Waals surface area (Å²) in [5, 5.41) is 3.82. The molecule has 1 aliphatic heterocycles. The molecule has 0 spiro atoms. The van der Waals surface area contributed by atoms with Crippen LogP contribution in [0.15, 0.2) is 42.5 Å². The van der Waals surface area contributed by atoms with E-state index in [9.17, 15) is 9.59 Å². The van der Waals surface area contributed by atoms with Crippen LogP contribution in [0.5, 0.6) is 0 Å². The standard InChI is InChI=1S/C23H27Cl2N3O2/c1-15-6-8-16(9-7-15)21(27(2)3)14-26-22(29)20-5-4-12-28(20)23(30)18-13-17(24)10-11-19(18)25/h6-11,13,20-21H,4-5,12,14H2,1-3H3,(H,26,29)/t20-,21+/m1/s1. The van der Waals surface area contributed by atoms with Gasteiger partial charge in [0, 0.05) is 18.1 Å². The highest BCUT2D eigenvalue weighted by Gasteiger charge is 2.35. The van der Waals surface area contributed by atoms with Crippen molar-refractivity contribution in [1.82, 2.24) is 15.1 Å². The highest BCUT2D eigenvalue weighted by atomic mass is 35.5. The minimum absolute atomic E-state index is 0.0440. The van der Waals surface area contributed by atoms with Gasteiger partial charge in [0.1, 0.15) is 6.04 Å². The summed E-state index contributed by atoms with van der Waals surface area (Å²) in [5.41, 5.74) is 2.66. The lowest BCUT2D eigenvalue weighted by Crippen LogP contribution is -2.47. The number of aryl methyl sites for hydroxylation is 1. The fourth-order valence-corrected chi connectivity index (χ4v) is 4.17. The zero-order valence-electron chi connectivity index (χ0n) is 17.5. The second kappa shape index (κ2) is 9.82. The summed E-state index contributed by atoms with van der Waals surface area (Å²) in [5.74, 6) is -0.402. The fourth-order valence-electron chi connectivity index (χ4n) is 3.80. The molecule has 1 heterocycles. The van der Waals surface area contributed by atoms with Gasteiger partial charge in [-0.1, -0.05) is 53.0 Å². The van der Waals surface area contributed by atoms with Crippen molar-refractivity contribution >= 4 is 35.0 Å². The smallest absolute Gasteiger partial charge is 0.256 e. The molecule has 5 nitrogen and oxygen atoms in total.